The molecule has 7 heteroatoms. The smallest absolute Gasteiger partial charge is 0.271 e. The van der Waals surface area contributed by atoms with Crippen LogP contribution in [0.2, 0.25) is 0 Å². The van der Waals surface area contributed by atoms with Gasteiger partial charge in [0.25, 0.3) is 5.91 Å². The van der Waals surface area contributed by atoms with Gasteiger partial charge in [-0.1, -0.05) is 24.1 Å². The largest absolute Gasteiger partial charge is 0.477 e. The number of pyridine rings is 1. The summed E-state index contributed by atoms with van der Waals surface area (Å²) in [5, 5.41) is 7.31. The van der Waals surface area contributed by atoms with Gasteiger partial charge >= 0.3 is 0 Å². The Morgan fingerprint density at radius 2 is 1.93 bits per heavy atom. The van der Waals surface area contributed by atoms with Gasteiger partial charge in [-0.2, -0.15) is 4.98 Å². The Balaban J connectivity index is 1.40. The van der Waals surface area contributed by atoms with Crippen molar-refractivity contribution in [1.29, 1.82) is 0 Å². The van der Waals surface area contributed by atoms with Gasteiger partial charge in [0, 0.05) is 13.0 Å². The normalized spacial score (nSPS) is 20.9. The molecule has 5 rings (SSSR count). The van der Waals surface area contributed by atoms with Gasteiger partial charge in [0.15, 0.2) is 5.82 Å². The van der Waals surface area contributed by atoms with Crippen molar-refractivity contribution in [3.8, 4) is 5.88 Å². The minimum atomic E-state index is -0.677. The van der Waals surface area contributed by atoms with E-state index in [0.29, 0.717) is 47.6 Å². The highest BCUT2D eigenvalue weighted by Gasteiger charge is 2.40. The second kappa shape index (κ2) is 7.11. The van der Waals surface area contributed by atoms with Crippen LogP contribution in [-0.4, -0.2) is 27.6 Å². The highest BCUT2D eigenvalue weighted by molar-refractivity contribution is 5.94. The van der Waals surface area contributed by atoms with Gasteiger partial charge in [0.2, 0.25) is 11.8 Å². The number of ether oxygens (including phenoxy) is 1. The molecule has 1 atom stereocenters. The first kappa shape index (κ1) is 18.6. The molecule has 0 aliphatic heterocycles. The van der Waals surface area contributed by atoms with Gasteiger partial charge in [-0.25, -0.2) is 4.98 Å². The molecule has 1 N–H and O–H groups in total. The lowest BCUT2D eigenvalue weighted by atomic mass is 9.93. The fourth-order valence-corrected chi connectivity index (χ4v) is 3.86. The van der Waals surface area contributed by atoms with Crippen LogP contribution in [-0.2, 0) is 5.54 Å². The summed E-state index contributed by atoms with van der Waals surface area (Å²) in [5.41, 5.74) is 0.811. The first-order chi connectivity index (χ1) is 14.0. The zero-order valence-electron chi connectivity index (χ0n) is 17.1. The lowest BCUT2D eigenvalue weighted by molar-refractivity contribution is 0.0882. The van der Waals surface area contributed by atoms with Gasteiger partial charge in [-0.3, -0.25) is 4.79 Å². The van der Waals surface area contributed by atoms with Crippen molar-refractivity contribution in [2.24, 2.45) is 11.8 Å². The number of carbonyl (C=O) groups is 1. The van der Waals surface area contributed by atoms with E-state index in [1.54, 1.807) is 6.92 Å². The number of aryl methyl sites for hydroxylation is 1. The third kappa shape index (κ3) is 4.28. The number of amides is 1. The van der Waals surface area contributed by atoms with Crippen molar-refractivity contribution in [3.63, 3.8) is 0 Å². The molecular weight excluding hydrogens is 368 g/mol. The Bertz CT molecular complexity index is 915. The van der Waals surface area contributed by atoms with E-state index in [0.717, 1.165) is 24.8 Å². The summed E-state index contributed by atoms with van der Waals surface area (Å²) < 4.78 is 11.0. The molecule has 3 fully saturated rings. The molecule has 2 aromatic rings. The number of nitrogens with zero attached hydrogens (tertiary/aromatic N) is 3. The summed E-state index contributed by atoms with van der Waals surface area (Å²) >= 11 is 0. The van der Waals surface area contributed by atoms with Crippen molar-refractivity contribution >= 4 is 5.91 Å². The fourth-order valence-electron chi connectivity index (χ4n) is 3.86. The van der Waals surface area contributed by atoms with E-state index >= 15 is 0 Å². The molecule has 1 unspecified atom stereocenters. The molecule has 3 aliphatic rings. The Labute approximate surface area is 170 Å². The molecule has 29 heavy (non-hydrogen) atoms. The molecule has 7 nitrogen and oxygen atoms in total. The van der Waals surface area contributed by atoms with Gasteiger partial charge in [-0.15, -0.1) is 0 Å². The van der Waals surface area contributed by atoms with Gasteiger partial charge < -0.3 is 14.6 Å². The van der Waals surface area contributed by atoms with Crippen LogP contribution >= 0.6 is 0 Å². The second-order valence-corrected chi connectivity index (χ2v) is 9.19. The Hall–Kier alpha value is -2.44. The average Bonchev–Trinajstić information content (AvgIpc) is 3.56. The number of carbonyl (C=O) groups excluding carboxylic acids is 1. The van der Waals surface area contributed by atoms with E-state index in [4.69, 9.17) is 9.26 Å². The van der Waals surface area contributed by atoms with E-state index in [2.05, 4.69) is 20.4 Å². The van der Waals surface area contributed by atoms with E-state index in [1.165, 1.54) is 25.7 Å². The second-order valence-electron chi connectivity index (χ2n) is 9.19. The predicted molar refractivity (Wildman–Crippen MR) is 106 cm³/mol. The summed E-state index contributed by atoms with van der Waals surface area (Å²) in [4.78, 5) is 22.4. The number of aromatic nitrogens is 3. The standard InChI is InChI=1S/C22H28N4O3/c1-13-23-21(26-29-13)22(2,11-14-3-4-14)25-20(27)19-17(16-7-8-16)9-10-18(24-19)28-12-15-5-6-15/h9-10,14-16H,3-8,11-12H2,1-2H3,(H,25,27). The molecule has 1 amide bonds. The van der Waals surface area contributed by atoms with E-state index in [1.807, 2.05) is 19.1 Å². The number of nitrogens with one attached hydrogen (secondary N) is 1. The van der Waals surface area contributed by atoms with E-state index in [-0.39, 0.29) is 5.91 Å². The highest BCUT2D eigenvalue weighted by Crippen LogP contribution is 2.43. The van der Waals surface area contributed by atoms with Crippen LogP contribution in [0.5, 0.6) is 5.88 Å². The maximum absolute atomic E-state index is 13.4. The Kier molecular flexibility index (Phi) is 4.56. The lowest BCUT2D eigenvalue weighted by Crippen LogP contribution is -2.45. The molecule has 3 saturated carbocycles. The summed E-state index contributed by atoms with van der Waals surface area (Å²) in [6.07, 6.45) is 7.81. The Morgan fingerprint density at radius 3 is 2.55 bits per heavy atom. The molecule has 0 spiro atoms. The molecule has 3 aliphatic carbocycles. The van der Waals surface area contributed by atoms with E-state index < -0.39 is 5.54 Å². The van der Waals surface area contributed by atoms with E-state index in [9.17, 15) is 4.79 Å². The van der Waals surface area contributed by atoms with Crippen LogP contribution in [0.25, 0.3) is 0 Å². The summed E-state index contributed by atoms with van der Waals surface area (Å²) in [5.74, 6) is 3.03. The zero-order chi connectivity index (χ0) is 20.0. The molecule has 0 bridgehead atoms. The number of rotatable bonds is 9. The van der Waals surface area contributed by atoms with Gasteiger partial charge in [0.05, 0.1) is 6.61 Å². The molecule has 0 radical (unpaired) electrons. The van der Waals surface area contributed by atoms with Crippen LogP contribution < -0.4 is 10.1 Å². The van der Waals surface area contributed by atoms with Gasteiger partial charge in [-0.05, 0) is 62.3 Å². The van der Waals surface area contributed by atoms with Crippen LogP contribution in [0.1, 0.15) is 85.6 Å². The van der Waals surface area contributed by atoms with Crippen LogP contribution in [0.15, 0.2) is 16.7 Å². The van der Waals surface area contributed by atoms with Crippen molar-refractivity contribution in [3.05, 3.63) is 35.1 Å². The SMILES string of the molecule is Cc1nc(C(C)(CC2CC2)NC(=O)c2nc(OCC3CC3)ccc2C2CC2)no1. The fraction of sp³-hybridized carbons (Fsp3) is 0.636. The summed E-state index contributed by atoms with van der Waals surface area (Å²) in [7, 11) is 0. The van der Waals surface area contributed by atoms with Crippen LogP contribution in [0.4, 0.5) is 0 Å². The van der Waals surface area contributed by atoms with Gasteiger partial charge in [0.1, 0.15) is 11.2 Å². The molecule has 2 aromatic heterocycles. The van der Waals surface area contributed by atoms with Crippen LogP contribution in [0, 0.1) is 18.8 Å². The maximum atomic E-state index is 13.4. The summed E-state index contributed by atoms with van der Waals surface area (Å²) in [6.45, 7) is 4.43. The first-order valence-corrected chi connectivity index (χ1v) is 10.8. The Morgan fingerprint density at radius 1 is 1.17 bits per heavy atom. The average molecular weight is 396 g/mol. The third-order valence-electron chi connectivity index (χ3n) is 6.10. The molecule has 2 heterocycles. The predicted octanol–water partition coefficient (Wildman–Crippen LogP) is 3.88. The van der Waals surface area contributed by atoms with Crippen molar-refractivity contribution in [1.82, 2.24) is 20.4 Å². The lowest BCUT2D eigenvalue weighted by Gasteiger charge is -2.28. The molecular formula is C22H28N4O3. The van der Waals surface area contributed by atoms with Crippen molar-refractivity contribution in [2.75, 3.05) is 6.61 Å². The topological polar surface area (TPSA) is 90.1 Å². The highest BCUT2D eigenvalue weighted by atomic mass is 16.5. The molecule has 0 aromatic carbocycles. The molecule has 0 saturated heterocycles. The minimum Gasteiger partial charge on any atom is -0.477 e. The van der Waals surface area contributed by atoms with Crippen LogP contribution in [0.3, 0.4) is 0 Å². The van der Waals surface area contributed by atoms with Crippen molar-refractivity contribution in [2.45, 2.75) is 70.3 Å². The van der Waals surface area contributed by atoms with Crippen molar-refractivity contribution < 1.29 is 14.1 Å². The molecule has 154 valence electrons. The monoisotopic (exact) mass is 396 g/mol. The quantitative estimate of drug-likeness (QED) is 0.692. The zero-order valence-corrected chi connectivity index (χ0v) is 17.1. The minimum absolute atomic E-state index is 0.186. The first-order valence-electron chi connectivity index (χ1n) is 10.8. The number of hydrogen-bond acceptors (Lipinski definition) is 6. The number of hydrogen-bond donors (Lipinski definition) is 1. The third-order valence-corrected chi connectivity index (χ3v) is 6.10. The maximum Gasteiger partial charge on any atom is 0.271 e. The summed E-state index contributed by atoms with van der Waals surface area (Å²) in [6, 6.07) is 3.91.